The van der Waals surface area contributed by atoms with E-state index in [1.54, 1.807) is 0 Å². The van der Waals surface area contributed by atoms with Crippen LogP contribution in [0.1, 0.15) is 33.6 Å². The minimum absolute atomic E-state index is 0.197. The maximum absolute atomic E-state index is 5.82. The second-order valence-electron chi connectivity index (χ2n) is 6.04. The molecular formula is C15H27N3O. The van der Waals surface area contributed by atoms with E-state index in [0.29, 0.717) is 18.1 Å². The highest BCUT2D eigenvalue weighted by molar-refractivity contribution is 5.80. The van der Waals surface area contributed by atoms with Crippen LogP contribution in [0.15, 0.2) is 17.1 Å². The zero-order valence-electron chi connectivity index (χ0n) is 12.6. The van der Waals surface area contributed by atoms with Crippen LogP contribution in [-0.4, -0.2) is 38.3 Å². The van der Waals surface area contributed by atoms with Crippen LogP contribution >= 0.6 is 0 Å². The van der Waals surface area contributed by atoms with Gasteiger partial charge < -0.3 is 15.4 Å². The molecule has 0 bridgehead atoms. The summed E-state index contributed by atoms with van der Waals surface area (Å²) < 4.78 is 5.82. The van der Waals surface area contributed by atoms with E-state index in [9.17, 15) is 0 Å². The molecule has 1 saturated heterocycles. The van der Waals surface area contributed by atoms with E-state index >= 15 is 0 Å². The van der Waals surface area contributed by atoms with Crippen LogP contribution in [0.5, 0.6) is 0 Å². The Morgan fingerprint density at radius 1 is 1.47 bits per heavy atom. The molecule has 0 aromatic heterocycles. The highest BCUT2D eigenvalue weighted by atomic mass is 16.5. The molecule has 0 amide bonds. The first-order chi connectivity index (χ1) is 9.11. The van der Waals surface area contributed by atoms with Gasteiger partial charge in [-0.25, -0.2) is 0 Å². The number of guanidine groups is 1. The highest BCUT2D eigenvalue weighted by Gasteiger charge is 2.59. The smallest absolute Gasteiger partial charge is 0.191 e. The third-order valence-corrected chi connectivity index (χ3v) is 4.46. The van der Waals surface area contributed by atoms with Crippen molar-refractivity contribution in [1.82, 2.24) is 10.6 Å². The van der Waals surface area contributed by atoms with Crippen LogP contribution in [0.3, 0.4) is 0 Å². The minimum atomic E-state index is 0.197. The van der Waals surface area contributed by atoms with Crippen LogP contribution < -0.4 is 10.6 Å². The average Bonchev–Trinajstić information content (AvgIpc) is 2.84. The van der Waals surface area contributed by atoms with Crippen molar-refractivity contribution in [2.45, 2.75) is 45.8 Å². The molecule has 2 N–H and O–H groups in total. The van der Waals surface area contributed by atoms with Gasteiger partial charge in [0.1, 0.15) is 0 Å². The lowest BCUT2D eigenvalue weighted by Gasteiger charge is -2.54. The number of ether oxygens (including phenoxy) is 1. The number of hydrogen-bond acceptors (Lipinski definition) is 2. The fourth-order valence-electron chi connectivity index (χ4n) is 3.40. The summed E-state index contributed by atoms with van der Waals surface area (Å²) in [6.07, 6.45) is 6.86. The molecule has 3 unspecified atom stereocenters. The molecule has 3 atom stereocenters. The van der Waals surface area contributed by atoms with Gasteiger partial charge in [0.05, 0.1) is 6.10 Å². The van der Waals surface area contributed by atoms with Gasteiger partial charge in [-0.1, -0.05) is 26.0 Å². The molecule has 2 fully saturated rings. The number of allylic oxidation sites excluding steroid dienone is 1. The Labute approximate surface area is 116 Å². The maximum Gasteiger partial charge on any atom is 0.191 e. The number of nitrogens with zero attached hydrogens (tertiary/aromatic N) is 1. The van der Waals surface area contributed by atoms with Crippen molar-refractivity contribution in [3.8, 4) is 0 Å². The molecule has 4 heteroatoms. The van der Waals surface area contributed by atoms with E-state index < -0.39 is 0 Å². The predicted molar refractivity (Wildman–Crippen MR) is 79.3 cm³/mol. The molecule has 19 heavy (non-hydrogen) atoms. The number of rotatable bonds is 4. The summed E-state index contributed by atoms with van der Waals surface area (Å²) in [6, 6.07) is 0.466. The van der Waals surface area contributed by atoms with Gasteiger partial charge in [-0.2, -0.15) is 0 Å². The first-order valence-corrected chi connectivity index (χ1v) is 7.31. The SMILES string of the molecule is CC=CCCNC(=NC)NC1C2CCOC2C1(C)C. The van der Waals surface area contributed by atoms with Crippen molar-refractivity contribution in [3.63, 3.8) is 0 Å². The van der Waals surface area contributed by atoms with Gasteiger partial charge in [0.15, 0.2) is 5.96 Å². The summed E-state index contributed by atoms with van der Waals surface area (Å²) in [5.74, 6) is 1.55. The third kappa shape index (κ3) is 2.78. The Hall–Kier alpha value is -1.03. The molecule has 0 spiro atoms. The van der Waals surface area contributed by atoms with E-state index in [2.05, 4.69) is 41.6 Å². The lowest BCUT2D eigenvalue weighted by Crippen LogP contribution is -2.67. The van der Waals surface area contributed by atoms with E-state index in [0.717, 1.165) is 25.5 Å². The normalized spacial score (nSPS) is 33.1. The number of aliphatic imine (C=N–C) groups is 1. The van der Waals surface area contributed by atoms with Crippen LogP contribution in [-0.2, 0) is 4.74 Å². The zero-order valence-corrected chi connectivity index (χ0v) is 12.6. The Kier molecular flexibility index (Phi) is 4.50. The summed E-state index contributed by atoms with van der Waals surface area (Å²) in [5, 5.41) is 6.94. The van der Waals surface area contributed by atoms with E-state index in [1.165, 1.54) is 6.42 Å². The first-order valence-electron chi connectivity index (χ1n) is 7.31. The van der Waals surface area contributed by atoms with Gasteiger partial charge in [0, 0.05) is 37.6 Å². The van der Waals surface area contributed by atoms with Crippen molar-refractivity contribution in [2.75, 3.05) is 20.2 Å². The average molecular weight is 265 g/mol. The number of nitrogens with one attached hydrogen (secondary N) is 2. The highest BCUT2D eigenvalue weighted by Crippen LogP contribution is 2.51. The molecule has 2 rings (SSSR count). The van der Waals surface area contributed by atoms with Gasteiger partial charge in [-0.3, -0.25) is 4.99 Å². The van der Waals surface area contributed by atoms with Gasteiger partial charge >= 0.3 is 0 Å². The molecule has 1 saturated carbocycles. The largest absolute Gasteiger partial charge is 0.377 e. The molecule has 0 aromatic carbocycles. The van der Waals surface area contributed by atoms with Crippen LogP contribution in [0.2, 0.25) is 0 Å². The second-order valence-corrected chi connectivity index (χ2v) is 6.04. The number of hydrogen-bond donors (Lipinski definition) is 2. The number of fused-ring (bicyclic) bond motifs is 1. The van der Waals surface area contributed by atoms with Crippen LogP contribution in [0, 0.1) is 11.3 Å². The summed E-state index contributed by atoms with van der Waals surface area (Å²) in [5.41, 5.74) is 0.197. The van der Waals surface area contributed by atoms with E-state index in [1.807, 2.05) is 14.0 Å². The Balaban J connectivity index is 1.85. The molecule has 0 aromatic rings. The van der Waals surface area contributed by atoms with E-state index in [-0.39, 0.29) is 5.41 Å². The fraction of sp³-hybridized carbons (Fsp3) is 0.800. The molecule has 0 radical (unpaired) electrons. The predicted octanol–water partition coefficient (Wildman–Crippen LogP) is 1.93. The lowest BCUT2D eigenvalue weighted by atomic mass is 9.57. The standard InChI is InChI=1S/C15H27N3O/c1-5-6-7-9-17-14(16-4)18-12-11-8-10-19-13(11)15(12,2)3/h5-6,11-13H,7-10H2,1-4H3,(H2,16,17,18). The molecular weight excluding hydrogens is 238 g/mol. The summed E-state index contributed by atoms with van der Waals surface area (Å²) >= 11 is 0. The quantitative estimate of drug-likeness (QED) is 0.353. The van der Waals surface area contributed by atoms with Crippen molar-refractivity contribution in [2.24, 2.45) is 16.3 Å². The van der Waals surface area contributed by atoms with Gasteiger partial charge in [-0.05, 0) is 19.8 Å². The van der Waals surface area contributed by atoms with Gasteiger partial charge in [-0.15, -0.1) is 0 Å². The third-order valence-electron chi connectivity index (χ3n) is 4.46. The Morgan fingerprint density at radius 2 is 2.26 bits per heavy atom. The van der Waals surface area contributed by atoms with Crippen LogP contribution in [0.4, 0.5) is 0 Å². The molecule has 1 aliphatic heterocycles. The summed E-state index contributed by atoms with van der Waals surface area (Å²) in [6.45, 7) is 8.44. The molecule has 1 heterocycles. The lowest BCUT2D eigenvalue weighted by molar-refractivity contribution is -0.106. The zero-order chi connectivity index (χ0) is 13.9. The minimum Gasteiger partial charge on any atom is -0.377 e. The molecule has 1 aliphatic carbocycles. The van der Waals surface area contributed by atoms with Gasteiger partial charge in [0.25, 0.3) is 0 Å². The maximum atomic E-state index is 5.82. The molecule has 108 valence electrons. The van der Waals surface area contributed by atoms with Crippen molar-refractivity contribution < 1.29 is 4.74 Å². The molecule has 4 nitrogen and oxygen atoms in total. The summed E-state index contributed by atoms with van der Waals surface area (Å²) in [4.78, 5) is 4.32. The topological polar surface area (TPSA) is 45.7 Å². The van der Waals surface area contributed by atoms with Gasteiger partial charge in [0.2, 0.25) is 0 Å². The second kappa shape index (κ2) is 5.95. The van der Waals surface area contributed by atoms with Crippen LogP contribution in [0.25, 0.3) is 0 Å². The van der Waals surface area contributed by atoms with Crippen molar-refractivity contribution >= 4 is 5.96 Å². The Morgan fingerprint density at radius 3 is 2.95 bits per heavy atom. The van der Waals surface area contributed by atoms with E-state index in [4.69, 9.17) is 4.74 Å². The Bertz CT molecular complexity index is 362. The summed E-state index contributed by atoms with van der Waals surface area (Å²) in [7, 11) is 1.83. The fourth-order valence-corrected chi connectivity index (χ4v) is 3.40. The van der Waals surface area contributed by atoms with Crippen molar-refractivity contribution in [1.29, 1.82) is 0 Å². The monoisotopic (exact) mass is 265 g/mol. The molecule has 2 aliphatic rings. The van der Waals surface area contributed by atoms with Crippen molar-refractivity contribution in [3.05, 3.63) is 12.2 Å². The first kappa shape index (κ1) is 14.4.